The number of nitro groups is 1. The van der Waals surface area contributed by atoms with E-state index >= 15 is 0 Å². The summed E-state index contributed by atoms with van der Waals surface area (Å²) in [6, 6.07) is 23.7. The lowest BCUT2D eigenvalue weighted by Crippen LogP contribution is -2.40. The molecule has 0 radical (unpaired) electrons. The monoisotopic (exact) mass is 606 g/mol. The molecule has 1 atom stereocenters. The van der Waals surface area contributed by atoms with Gasteiger partial charge in [0.1, 0.15) is 17.3 Å². The summed E-state index contributed by atoms with van der Waals surface area (Å²) < 4.78 is 13.2. The van der Waals surface area contributed by atoms with Crippen molar-refractivity contribution in [2.75, 3.05) is 12.4 Å². The number of carbonyl (C=O) groups is 1. The normalized spacial score (nSPS) is 14.6. The lowest BCUT2D eigenvalue weighted by Gasteiger charge is -2.25. The number of thiazole rings is 1. The number of allylic oxidation sites excluding steroid dienone is 1. The number of amides is 1. The number of fused-ring (bicyclic) bond motifs is 1. The van der Waals surface area contributed by atoms with Crippen LogP contribution in [0, 0.1) is 17.0 Å². The summed E-state index contributed by atoms with van der Waals surface area (Å²) in [5, 5.41) is 14.6. The van der Waals surface area contributed by atoms with Gasteiger partial charge in [0.25, 0.3) is 17.2 Å². The van der Waals surface area contributed by atoms with Gasteiger partial charge in [-0.15, -0.1) is 0 Å². The van der Waals surface area contributed by atoms with Crippen molar-refractivity contribution in [3.63, 3.8) is 0 Å². The topological polar surface area (TPSA) is 129 Å². The average molecular weight is 607 g/mol. The van der Waals surface area contributed by atoms with E-state index in [9.17, 15) is 19.7 Å². The van der Waals surface area contributed by atoms with Crippen LogP contribution < -0.4 is 24.9 Å². The molecule has 44 heavy (non-hydrogen) atoms. The third-order valence-electron chi connectivity index (χ3n) is 7.22. The molecule has 3 heterocycles. The van der Waals surface area contributed by atoms with E-state index in [1.54, 1.807) is 81.6 Å². The fourth-order valence-electron chi connectivity index (χ4n) is 5.16. The van der Waals surface area contributed by atoms with Gasteiger partial charge in [-0.25, -0.2) is 4.99 Å². The van der Waals surface area contributed by atoms with Crippen molar-refractivity contribution in [3.05, 3.63) is 143 Å². The van der Waals surface area contributed by atoms with E-state index in [-0.39, 0.29) is 17.2 Å². The predicted molar refractivity (Wildman–Crippen MR) is 167 cm³/mol. The third-order valence-corrected chi connectivity index (χ3v) is 8.21. The van der Waals surface area contributed by atoms with Gasteiger partial charge in [0, 0.05) is 17.8 Å². The Morgan fingerprint density at radius 2 is 1.86 bits per heavy atom. The highest BCUT2D eigenvalue weighted by molar-refractivity contribution is 7.07. The first kappa shape index (κ1) is 28.6. The minimum Gasteiger partial charge on any atom is -0.497 e. The Hall–Kier alpha value is -5.55. The number of furan rings is 1. The summed E-state index contributed by atoms with van der Waals surface area (Å²) in [6.07, 6.45) is 1.58. The smallest absolute Gasteiger partial charge is 0.280 e. The van der Waals surface area contributed by atoms with Crippen molar-refractivity contribution in [3.8, 4) is 17.1 Å². The molecule has 0 fully saturated rings. The van der Waals surface area contributed by atoms with Gasteiger partial charge in [-0.2, -0.15) is 0 Å². The molecule has 5 aromatic rings. The van der Waals surface area contributed by atoms with Crippen LogP contribution in [0.1, 0.15) is 29.9 Å². The van der Waals surface area contributed by atoms with Gasteiger partial charge in [-0.3, -0.25) is 24.3 Å². The first-order valence-electron chi connectivity index (χ1n) is 13.6. The predicted octanol–water partition coefficient (Wildman–Crippen LogP) is 5.36. The lowest BCUT2D eigenvalue weighted by atomic mass is 9.95. The standard InChI is InChI=1S/C33H26N4O6S/c1-19-12-14-25(26(16-19)37(40)41)27-15-13-24(43-27)18-28-32(39)36-30(21-8-7-11-23(17-21)42-3)29(20(2)34-33(36)44-28)31(38)35-22-9-5-4-6-10-22/h4-18,30H,1-3H3,(H,35,38)/b28-18-/t30-/m0/s1. The Bertz CT molecular complexity index is 2140. The van der Waals surface area contributed by atoms with Crippen molar-refractivity contribution in [2.24, 2.45) is 4.99 Å². The van der Waals surface area contributed by atoms with E-state index in [1.165, 1.54) is 10.6 Å². The summed E-state index contributed by atoms with van der Waals surface area (Å²) in [5.41, 5.74) is 2.76. The number of anilines is 1. The minimum atomic E-state index is -0.783. The van der Waals surface area contributed by atoms with Crippen LogP contribution in [0.3, 0.4) is 0 Å². The van der Waals surface area contributed by atoms with Gasteiger partial charge in [0.05, 0.1) is 39.4 Å². The molecule has 0 bridgehead atoms. The van der Waals surface area contributed by atoms with Gasteiger partial charge in [0.2, 0.25) is 0 Å². The molecule has 0 unspecified atom stereocenters. The molecule has 3 aromatic carbocycles. The zero-order chi connectivity index (χ0) is 31.0. The average Bonchev–Trinajstić information content (AvgIpc) is 3.60. The van der Waals surface area contributed by atoms with E-state index in [2.05, 4.69) is 10.3 Å². The second-order valence-corrected chi connectivity index (χ2v) is 11.2. The Balaban J connectivity index is 1.46. The summed E-state index contributed by atoms with van der Waals surface area (Å²) >= 11 is 1.16. The maximum Gasteiger partial charge on any atom is 0.280 e. The first-order chi connectivity index (χ1) is 21.2. The van der Waals surface area contributed by atoms with Gasteiger partial charge in [0.15, 0.2) is 4.80 Å². The van der Waals surface area contributed by atoms with Crippen LogP contribution in [0.2, 0.25) is 0 Å². The zero-order valence-electron chi connectivity index (χ0n) is 23.9. The fourth-order valence-corrected chi connectivity index (χ4v) is 6.19. The molecule has 1 aliphatic rings. The van der Waals surface area contributed by atoms with Gasteiger partial charge in [-0.05, 0) is 67.4 Å². The summed E-state index contributed by atoms with van der Waals surface area (Å²) in [5.74, 6) is 0.849. The van der Waals surface area contributed by atoms with Gasteiger partial charge >= 0.3 is 0 Å². The molecule has 2 aromatic heterocycles. The number of hydrogen-bond donors (Lipinski definition) is 1. The van der Waals surface area contributed by atoms with E-state index in [0.29, 0.717) is 54.7 Å². The van der Waals surface area contributed by atoms with Gasteiger partial charge < -0.3 is 14.5 Å². The second kappa shape index (κ2) is 11.6. The molecule has 1 N–H and O–H groups in total. The van der Waals surface area contributed by atoms with E-state index in [4.69, 9.17) is 9.15 Å². The summed E-state index contributed by atoms with van der Waals surface area (Å²) in [6.45, 7) is 3.53. The molecule has 0 spiro atoms. The largest absolute Gasteiger partial charge is 0.497 e. The highest BCUT2D eigenvalue weighted by Crippen LogP contribution is 2.34. The molecule has 11 heteroatoms. The summed E-state index contributed by atoms with van der Waals surface area (Å²) in [4.78, 5) is 44.0. The van der Waals surface area contributed by atoms with Crippen LogP contribution in [0.25, 0.3) is 17.4 Å². The van der Waals surface area contributed by atoms with E-state index < -0.39 is 11.0 Å². The lowest BCUT2D eigenvalue weighted by molar-refractivity contribution is -0.384. The first-order valence-corrected chi connectivity index (χ1v) is 14.4. The van der Waals surface area contributed by atoms with Crippen LogP contribution in [0.15, 0.2) is 110 Å². The maximum absolute atomic E-state index is 14.0. The van der Waals surface area contributed by atoms with Crippen molar-refractivity contribution in [2.45, 2.75) is 19.9 Å². The van der Waals surface area contributed by atoms with Crippen molar-refractivity contribution >= 4 is 34.7 Å². The highest BCUT2D eigenvalue weighted by atomic mass is 32.1. The molecule has 10 nitrogen and oxygen atoms in total. The van der Waals surface area contributed by atoms with Crippen LogP contribution in [-0.2, 0) is 4.79 Å². The number of nitro benzene ring substituents is 1. The number of rotatable bonds is 7. The van der Waals surface area contributed by atoms with Crippen LogP contribution in [0.4, 0.5) is 11.4 Å². The van der Waals surface area contributed by atoms with Crippen molar-refractivity contribution in [1.29, 1.82) is 0 Å². The van der Waals surface area contributed by atoms with Crippen LogP contribution in [-0.4, -0.2) is 22.5 Å². The third kappa shape index (κ3) is 5.36. The number of ether oxygens (including phenoxy) is 1. The molecule has 220 valence electrons. The van der Waals surface area contributed by atoms with E-state index in [1.807, 2.05) is 24.3 Å². The second-order valence-electron chi connectivity index (χ2n) is 10.2. The number of aromatic nitrogens is 1. The van der Waals surface area contributed by atoms with Gasteiger partial charge in [-0.1, -0.05) is 47.7 Å². The fraction of sp³-hybridized carbons (Fsp3) is 0.121. The Morgan fingerprint density at radius 1 is 1.07 bits per heavy atom. The van der Waals surface area contributed by atoms with Crippen molar-refractivity contribution < 1.29 is 18.9 Å². The quantitative estimate of drug-likeness (QED) is 0.196. The number of nitrogens with zero attached hydrogens (tertiary/aromatic N) is 3. The zero-order valence-corrected chi connectivity index (χ0v) is 24.8. The SMILES string of the molecule is COc1cccc([C@H]2C(C(=O)Nc3ccccc3)=C(C)N=c3s/c(=C\c4ccc(-c5ccc(C)cc5[N+](=O)[O-])o4)c(=O)n32)c1. The number of para-hydroxylation sites is 1. The van der Waals surface area contributed by atoms with E-state index in [0.717, 1.165) is 16.9 Å². The Kier molecular flexibility index (Phi) is 7.54. The van der Waals surface area contributed by atoms with Crippen molar-refractivity contribution in [1.82, 2.24) is 4.57 Å². The molecule has 1 amide bonds. The molecule has 0 aliphatic carbocycles. The minimum absolute atomic E-state index is 0.0691. The Labute approximate surface area is 255 Å². The number of methoxy groups -OCH3 is 1. The summed E-state index contributed by atoms with van der Waals surface area (Å²) in [7, 11) is 1.55. The number of aryl methyl sites for hydroxylation is 1. The molecular weight excluding hydrogens is 580 g/mol. The molecule has 0 saturated heterocycles. The van der Waals surface area contributed by atoms with Crippen LogP contribution in [0.5, 0.6) is 5.75 Å². The Morgan fingerprint density at radius 3 is 2.61 bits per heavy atom. The molecule has 6 rings (SSSR count). The molecular formula is C33H26N4O6S. The number of hydrogen-bond acceptors (Lipinski definition) is 8. The molecule has 1 aliphatic heterocycles. The molecule has 0 saturated carbocycles. The number of benzene rings is 3. The highest BCUT2D eigenvalue weighted by Gasteiger charge is 2.33. The number of carbonyl (C=O) groups excluding carboxylic acids is 1. The maximum atomic E-state index is 14.0. The number of nitrogens with one attached hydrogen (secondary N) is 1. The van der Waals surface area contributed by atoms with Crippen LogP contribution >= 0.6 is 11.3 Å².